The van der Waals surface area contributed by atoms with Crippen LogP contribution < -0.4 is 11.1 Å². The lowest BCUT2D eigenvalue weighted by atomic mass is 9.78. The number of nitrogens with one attached hydrogen (secondary N) is 1. The second-order valence-corrected chi connectivity index (χ2v) is 7.10. The maximum absolute atomic E-state index is 5.94. The lowest BCUT2D eigenvalue weighted by Gasteiger charge is -2.32. The van der Waals surface area contributed by atoms with Crippen molar-refractivity contribution in [3.63, 3.8) is 0 Å². The Labute approximate surface area is 142 Å². The molecule has 0 bridgehead atoms. The standard InChI is InChI=1S/C17H25N7/c1-10-20-11(2)24(23-10)6-5-19-16-9-15(13-7-14(18)8-13)21-17(22-16)12-3-4-12/h9,12-14H,3-8,18H2,1-2H3,(H,19,21,22). The van der Waals surface area contributed by atoms with Crippen molar-refractivity contribution in [1.82, 2.24) is 24.7 Å². The average molecular weight is 327 g/mol. The van der Waals surface area contributed by atoms with E-state index in [1.54, 1.807) is 0 Å². The third-order valence-electron chi connectivity index (χ3n) is 4.89. The van der Waals surface area contributed by atoms with Crippen LogP contribution in [0.2, 0.25) is 0 Å². The van der Waals surface area contributed by atoms with Crippen molar-refractivity contribution in [2.24, 2.45) is 5.73 Å². The highest BCUT2D eigenvalue weighted by molar-refractivity contribution is 5.38. The van der Waals surface area contributed by atoms with Crippen LogP contribution in [0.5, 0.6) is 0 Å². The van der Waals surface area contributed by atoms with Crippen LogP contribution in [-0.4, -0.2) is 37.3 Å². The first-order valence-electron chi connectivity index (χ1n) is 8.85. The molecule has 2 aliphatic carbocycles. The summed E-state index contributed by atoms with van der Waals surface area (Å²) < 4.78 is 1.93. The fraction of sp³-hybridized carbons (Fsp3) is 0.647. The van der Waals surface area contributed by atoms with Crippen molar-refractivity contribution in [3.8, 4) is 0 Å². The van der Waals surface area contributed by atoms with E-state index >= 15 is 0 Å². The SMILES string of the molecule is Cc1nc(C)n(CCNc2cc(C3CC(N)C3)nc(C3CC3)n2)n1. The van der Waals surface area contributed by atoms with Crippen molar-refractivity contribution >= 4 is 5.82 Å². The number of nitrogens with zero attached hydrogens (tertiary/aromatic N) is 5. The Morgan fingerprint density at radius 2 is 1.96 bits per heavy atom. The van der Waals surface area contributed by atoms with E-state index in [0.29, 0.717) is 17.9 Å². The van der Waals surface area contributed by atoms with Gasteiger partial charge in [0.2, 0.25) is 0 Å². The molecule has 2 aromatic heterocycles. The summed E-state index contributed by atoms with van der Waals surface area (Å²) in [4.78, 5) is 13.8. The van der Waals surface area contributed by atoms with Gasteiger partial charge in [-0.2, -0.15) is 5.10 Å². The van der Waals surface area contributed by atoms with Gasteiger partial charge in [-0.25, -0.2) is 19.6 Å². The second kappa shape index (κ2) is 6.12. The number of hydrogen-bond donors (Lipinski definition) is 2. The van der Waals surface area contributed by atoms with Crippen LogP contribution in [0.4, 0.5) is 5.82 Å². The molecule has 0 saturated heterocycles. The van der Waals surface area contributed by atoms with Crippen molar-refractivity contribution in [2.45, 2.75) is 64.0 Å². The van der Waals surface area contributed by atoms with E-state index in [-0.39, 0.29) is 0 Å². The summed E-state index contributed by atoms with van der Waals surface area (Å²) in [7, 11) is 0. The van der Waals surface area contributed by atoms with Crippen LogP contribution in [0.25, 0.3) is 0 Å². The Morgan fingerprint density at radius 1 is 1.17 bits per heavy atom. The first-order valence-corrected chi connectivity index (χ1v) is 8.85. The van der Waals surface area contributed by atoms with E-state index in [1.165, 1.54) is 12.8 Å². The molecule has 0 unspecified atom stereocenters. The third-order valence-corrected chi connectivity index (χ3v) is 4.89. The van der Waals surface area contributed by atoms with Gasteiger partial charge in [-0.05, 0) is 39.5 Å². The number of aryl methyl sites for hydroxylation is 2. The predicted octanol–water partition coefficient (Wildman–Crippen LogP) is 1.88. The van der Waals surface area contributed by atoms with Gasteiger partial charge in [0, 0.05) is 36.2 Å². The van der Waals surface area contributed by atoms with Gasteiger partial charge < -0.3 is 11.1 Å². The molecule has 7 nitrogen and oxygen atoms in total. The summed E-state index contributed by atoms with van der Waals surface area (Å²) in [6.07, 6.45) is 4.50. The first-order chi connectivity index (χ1) is 11.6. The molecule has 128 valence electrons. The fourth-order valence-electron chi connectivity index (χ4n) is 3.28. The summed E-state index contributed by atoms with van der Waals surface area (Å²) >= 11 is 0. The molecule has 0 amide bonds. The molecule has 2 aromatic rings. The zero-order chi connectivity index (χ0) is 16.7. The van der Waals surface area contributed by atoms with Gasteiger partial charge in [-0.3, -0.25) is 0 Å². The van der Waals surface area contributed by atoms with E-state index in [0.717, 1.165) is 54.9 Å². The van der Waals surface area contributed by atoms with Gasteiger partial charge in [-0.15, -0.1) is 0 Å². The minimum atomic E-state index is 0.337. The Hall–Kier alpha value is -2.02. The highest BCUT2D eigenvalue weighted by atomic mass is 15.3. The largest absolute Gasteiger partial charge is 0.368 e. The first kappa shape index (κ1) is 15.5. The van der Waals surface area contributed by atoms with Gasteiger partial charge in [-0.1, -0.05) is 0 Å². The van der Waals surface area contributed by atoms with Gasteiger partial charge in [0.15, 0.2) is 0 Å². The van der Waals surface area contributed by atoms with E-state index < -0.39 is 0 Å². The summed E-state index contributed by atoms with van der Waals surface area (Å²) in [5.74, 6) is 4.75. The summed E-state index contributed by atoms with van der Waals surface area (Å²) in [6.45, 7) is 5.44. The smallest absolute Gasteiger partial charge is 0.147 e. The molecular weight excluding hydrogens is 302 g/mol. The van der Waals surface area contributed by atoms with E-state index in [9.17, 15) is 0 Å². The average Bonchev–Trinajstić information content (AvgIpc) is 3.30. The Kier molecular flexibility index (Phi) is 3.96. The zero-order valence-electron chi connectivity index (χ0n) is 14.4. The number of rotatable bonds is 6. The number of nitrogens with two attached hydrogens (primary N) is 1. The maximum atomic E-state index is 5.94. The van der Waals surface area contributed by atoms with Crippen molar-refractivity contribution < 1.29 is 0 Å². The molecule has 7 heteroatoms. The summed E-state index contributed by atoms with van der Waals surface area (Å²) in [5.41, 5.74) is 7.10. The Balaban J connectivity index is 1.44. The molecule has 24 heavy (non-hydrogen) atoms. The third kappa shape index (κ3) is 3.26. The second-order valence-electron chi connectivity index (χ2n) is 7.10. The number of aromatic nitrogens is 5. The van der Waals surface area contributed by atoms with Gasteiger partial charge in [0.05, 0.1) is 6.54 Å². The minimum Gasteiger partial charge on any atom is -0.368 e. The zero-order valence-corrected chi connectivity index (χ0v) is 14.4. The fourth-order valence-corrected chi connectivity index (χ4v) is 3.28. The van der Waals surface area contributed by atoms with E-state index in [2.05, 4.69) is 21.5 Å². The van der Waals surface area contributed by atoms with E-state index in [4.69, 9.17) is 15.7 Å². The van der Waals surface area contributed by atoms with Crippen LogP contribution in [0, 0.1) is 13.8 Å². The maximum Gasteiger partial charge on any atom is 0.147 e. The van der Waals surface area contributed by atoms with E-state index in [1.807, 2.05) is 18.5 Å². The Morgan fingerprint density at radius 3 is 2.58 bits per heavy atom. The normalized spacial score (nSPS) is 23.1. The molecule has 2 heterocycles. The lowest BCUT2D eigenvalue weighted by Crippen LogP contribution is -2.35. The van der Waals surface area contributed by atoms with Gasteiger partial charge in [0.1, 0.15) is 23.3 Å². The van der Waals surface area contributed by atoms with Crippen LogP contribution in [0.15, 0.2) is 6.07 Å². The van der Waals surface area contributed by atoms with Crippen molar-refractivity contribution in [3.05, 3.63) is 29.2 Å². The topological polar surface area (TPSA) is 94.5 Å². The highest BCUT2D eigenvalue weighted by Crippen LogP contribution is 2.41. The molecule has 2 aliphatic rings. The molecule has 2 saturated carbocycles. The quantitative estimate of drug-likeness (QED) is 0.841. The van der Waals surface area contributed by atoms with Gasteiger partial charge in [0.25, 0.3) is 0 Å². The van der Waals surface area contributed by atoms with Crippen LogP contribution in [0.1, 0.15) is 60.7 Å². The number of hydrogen-bond acceptors (Lipinski definition) is 6. The predicted molar refractivity (Wildman–Crippen MR) is 91.9 cm³/mol. The monoisotopic (exact) mass is 327 g/mol. The molecular formula is C17H25N7. The molecule has 3 N–H and O–H groups in total. The van der Waals surface area contributed by atoms with Crippen LogP contribution in [-0.2, 0) is 6.54 Å². The molecule has 0 spiro atoms. The van der Waals surface area contributed by atoms with Crippen molar-refractivity contribution in [1.29, 1.82) is 0 Å². The van der Waals surface area contributed by atoms with Crippen LogP contribution >= 0.6 is 0 Å². The molecule has 0 atom stereocenters. The van der Waals surface area contributed by atoms with Crippen molar-refractivity contribution in [2.75, 3.05) is 11.9 Å². The van der Waals surface area contributed by atoms with Crippen LogP contribution in [0.3, 0.4) is 0 Å². The molecule has 2 fully saturated rings. The Bertz CT molecular complexity index is 729. The molecule has 4 rings (SSSR count). The minimum absolute atomic E-state index is 0.337. The van der Waals surface area contributed by atoms with Gasteiger partial charge >= 0.3 is 0 Å². The molecule has 0 aromatic carbocycles. The number of anilines is 1. The summed E-state index contributed by atoms with van der Waals surface area (Å²) in [5, 5.41) is 7.83. The molecule has 0 radical (unpaired) electrons. The summed E-state index contributed by atoms with van der Waals surface area (Å²) in [6, 6.07) is 2.44. The molecule has 0 aliphatic heterocycles. The highest BCUT2D eigenvalue weighted by Gasteiger charge is 2.32. The lowest BCUT2D eigenvalue weighted by molar-refractivity contribution is 0.344.